The fourth-order valence-electron chi connectivity index (χ4n) is 3.17. The molecular formula is C19H22BrNO3. The van der Waals surface area contributed by atoms with Crippen LogP contribution in [0.25, 0.3) is 0 Å². The Morgan fingerprint density at radius 2 is 2.04 bits per heavy atom. The number of nitrogens with one attached hydrogen (secondary N) is 1. The Kier molecular flexibility index (Phi) is 5.41. The van der Waals surface area contributed by atoms with E-state index in [0.29, 0.717) is 25.5 Å². The number of carbonyl (C=O) groups is 1. The van der Waals surface area contributed by atoms with Crippen LogP contribution in [0.2, 0.25) is 0 Å². The molecule has 128 valence electrons. The maximum atomic E-state index is 12.4. The average molecular weight is 392 g/mol. The third-order valence-corrected chi connectivity index (χ3v) is 5.20. The molecule has 0 unspecified atom stereocenters. The van der Waals surface area contributed by atoms with Crippen LogP contribution >= 0.6 is 15.9 Å². The highest BCUT2D eigenvalue weighted by Gasteiger charge is 2.35. The molecule has 1 N–H and O–H groups in total. The Morgan fingerprint density at radius 1 is 1.25 bits per heavy atom. The van der Waals surface area contributed by atoms with Gasteiger partial charge < -0.3 is 14.5 Å². The second-order valence-corrected chi connectivity index (χ2v) is 7.12. The van der Waals surface area contributed by atoms with E-state index in [4.69, 9.17) is 9.15 Å². The number of halogens is 1. The summed E-state index contributed by atoms with van der Waals surface area (Å²) in [6.45, 7) is 4.00. The van der Waals surface area contributed by atoms with E-state index in [2.05, 4.69) is 33.4 Å². The quantitative estimate of drug-likeness (QED) is 0.834. The van der Waals surface area contributed by atoms with Gasteiger partial charge in [-0.25, -0.2) is 0 Å². The first kappa shape index (κ1) is 17.2. The number of furan rings is 1. The van der Waals surface area contributed by atoms with E-state index in [1.54, 1.807) is 6.07 Å². The van der Waals surface area contributed by atoms with Gasteiger partial charge in [-0.2, -0.15) is 0 Å². The van der Waals surface area contributed by atoms with E-state index in [-0.39, 0.29) is 11.3 Å². The molecule has 2 aromatic rings. The number of aryl methyl sites for hydroxylation is 1. The van der Waals surface area contributed by atoms with Crippen molar-refractivity contribution in [1.82, 2.24) is 5.32 Å². The summed E-state index contributed by atoms with van der Waals surface area (Å²) in [4.78, 5) is 12.4. The van der Waals surface area contributed by atoms with Crippen molar-refractivity contribution in [3.8, 4) is 0 Å². The monoisotopic (exact) mass is 391 g/mol. The van der Waals surface area contributed by atoms with Crippen LogP contribution in [0.5, 0.6) is 0 Å². The van der Waals surface area contributed by atoms with Crippen molar-refractivity contribution in [3.63, 3.8) is 0 Å². The normalized spacial score (nSPS) is 16.8. The minimum atomic E-state index is -0.157. The molecule has 1 aliphatic rings. The van der Waals surface area contributed by atoms with Gasteiger partial charge in [-0.15, -0.1) is 0 Å². The first-order valence-corrected chi connectivity index (χ1v) is 9.13. The van der Waals surface area contributed by atoms with Crippen LogP contribution in [-0.4, -0.2) is 25.7 Å². The van der Waals surface area contributed by atoms with Crippen molar-refractivity contribution >= 4 is 21.8 Å². The van der Waals surface area contributed by atoms with Crippen LogP contribution in [0, 0.1) is 0 Å². The molecule has 1 aromatic carbocycles. The Morgan fingerprint density at radius 3 is 2.71 bits per heavy atom. The summed E-state index contributed by atoms with van der Waals surface area (Å²) < 4.78 is 12.1. The van der Waals surface area contributed by atoms with Crippen LogP contribution in [-0.2, 0) is 16.6 Å². The summed E-state index contributed by atoms with van der Waals surface area (Å²) in [6.07, 6.45) is 2.57. The molecule has 5 heteroatoms. The van der Waals surface area contributed by atoms with Crippen molar-refractivity contribution in [2.24, 2.45) is 0 Å². The molecule has 2 heterocycles. The first-order chi connectivity index (χ1) is 11.6. The topological polar surface area (TPSA) is 51.5 Å². The van der Waals surface area contributed by atoms with Crippen molar-refractivity contribution in [1.29, 1.82) is 0 Å². The lowest BCUT2D eigenvalue weighted by Crippen LogP contribution is -2.44. The third kappa shape index (κ3) is 3.73. The number of benzene rings is 1. The molecule has 1 amide bonds. The standard InChI is InChI=1S/C19H22BrNO3/c1-2-16-6-7-17(24-16)18(22)21-13-19(8-10-23-11-9-19)14-4-3-5-15(20)12-14/h3-7,12H,2,8-11,13H2,1H3,(H,21,22). The van der Waals surface area contributed by atoms with E-state index < -0.39 is 0 Å². The zero-order chi connectivity index (χ0) is 17.0. The highest BCUT2D eigenvalue weighted by atomic mass is 79.9. The van der Waals surface area contributed by atoms with Crippen molar-refractivity contribution < 1.29 is 13.9 Å². The van der Waals surface area contributed by atoms with Gasteiger partial charge in [-0.3, -0.25) is 4.79 Å². The van der Waals surface area contributed by atoms with Crippen LogP contribution in [0.15, 0.2) is 45.3 Å². The van der Waals surface area contributed by atoms with E-state index in [9.17, 15) is 4.79 Å². The second-order valence-electron chi connectivity index (χ2n) is 6.21. The van der Waals surface area contributed by atoms with Gasteiger partial charge in [0.1, 0.15) is 5.76 Å². The van der Waals surface area contributed by atoms with Gasteiger partial charge in [-0.05, 0) is 42.7 Å². The molecule has 1 aromatic heterocycles. The lowest BCUT2D eigenvalue weighted by Gasteiger charge is -2.38. The van der Waals surface area contributed by atoms with Crippen LogP contribution in [0.4, 0.5) is 0 Å². The zero-order valence-corrected chi connectivity index (χ0v) is 15.4. The molecule has 0 aliphatic carbocycles. The molecular weight excluding hydrogens is 370 g/mol. The Labute approximate surface area is 150 Å². The number of hydrogen-bond donors (Lipinski definition) is 1. The number of hydrogen-bond acceptors (Lipinski definition) is 3. The molecule has 0 bridgehead atoms. The van der Waals surface area contributed by atoms with Crippen molar-refractivity contribution in [2.75, 3.05) is 19.8 Å². The lowest BCUT2D eigenvalue weighted by molar-refractivity contribution is 0.0484. The summed E-state index contributed by atoms with van der Waals surface area (Å²) in [7, 11) is 0. The fraction of sp³-hybridized carbons (Fsp3) is 0.421. The van der Waals surface area contributed by atoms with Crippen LogP contribution < -0.4 is 5.32 Å². The molecule has 0 atom stereocenters. The largest absolute Gasteiger partial charge is 0.456 e. The van der Waals surface area contributed by atoms with Gasteiger partial charge in [0.25, 0.3) is 5.91 Å². The number of amides is 1. The highest BCUT2D eigenvalue weighted by molar-refractivity contribution is 9.10. The molecule has 3 rings (SSSR count). The molecule has 1 fully saturated rings. The fourth-order valence-corrected chi connectivity index (χ4v) is 3.57. The summed E-state index contributed by atoms with van der Waals surface area (Å²) in [5.74, 6) is 1.05. The molecule has 4 nitrogen and oxygen atoms in total. The average Bonchev–Trinajstić information content (AvgIpc) is 3.10. The van der Waals surface area contributed by atoms with Gasteiger partial charge in [0.15, 0.2) is 5.76 Å². The molecule has 0 radical (unpaired) electrons. The molecule has 1 saturated heterocycles. The second kappa shape index (κ2) is 7.53. The maximum absolute atomic E-state index is 12.4. The number of rotatable bonds is 5. The van der Waals surface area contributed by atoms with E-state index in [1.807, 2.05) is 25.1 Å². The highest BCUT2D eigenvalue weighted by Crippen LogP contribution is 2.35. The van der Waals surface area contributed by atoms with Gasteiger partial charge in [0.05, 0.1) is 0 Å². The minimum Gasteiger partial charge on any atom is -0.456 e. The van der Waals surface area contributed by atoms with E-state index in [0.717, 1.165) is 29.5 Å². The van der Waals surface area contributed by atoms with E-state index in [1.165, 1.54) is 5.56 Å². The summed E-state index contributed by atoms with van der Waals surface area (Å²) in [6, 6.07) is 11.9. The molecule has 0 spiro atoms. The molecule has 24 heavy (non-hydrogen) atoms. The third-order valence-electron chi connectivity index (χ3n) is 4.71. The number of ether oxygens (including phenoxy) is 1. The zero-order valence-electron chi connectivity index (χ0n) is 13.8. The van der Waals surface area contributed by atoms with Gasteiger partial charge in [0, 0.05) is 36.1 Å². The maximum Gasteiger partial charge on any atom is 0.287 e. The summed E-state index contributed by atoms with van der Waals surface area (Å²) >= 11 is 3.55. The van der Waals surface area contributed by atoms with Crippen LogP contribution in [0.3, 0.4) is 0 Å². The predicted octanol–water partition coefficient (Wildman–Crippen LogP) is 4.08. The van der Waals surface area contributed by atoms with Gasteiger partial charge >= 0.3 is 0 Å². The van der Waals surface area contributed by atoms with Crippen molar-refractivity contribution in [3.05, 3.63) is 58.0 Å². The lowest BCUT2D eigenvalue weighted by atomic mass is 9.74. The SMILES string of the molecule is CCc1ccc(C(=O)NCC2(c3cccc(Br)c3)CCOCC2)o1. The van der Waals surface area contributed by atoms with Gasteiger partial charge in [0.2, 0.25) is 0 Å². The van der Waals surface area contributed by atoms with E-state index >= 15 is 0 Å². The number of carbonyl (C=O) groups excluding carboxylic acids is 1. The Bertz CT molecular complexity index is 704. The Balaban J connectivity index is 1.76. The molecule has 1 aliphatic heterocycles. The summed E-state index contributed by atoms with van der Waals surface area (Å²) in [5.41, 5.74) is 1.13. The van der Waals surface area contributed by atoms with Crippen molar-refractivity contribution in [2.45, 2.75) is 31.6 Å². The first-order valence-electron chi connectivity index (χ1n) is 8.34. The predicted molar refractivity (Wildman–Crippen MR) is 96.3 cm³/mol. The van der Waals surface area contributed by atoms with Gasteiger partial charge in [-0.1, -0.05) is 35.0 Å². The molecule has 0 saturated carbocycles. The smallest absolute Gasteiger partial charge is 0.287 e. The Hall–Kier alpha value is -1.59. The van der Waals surface area contributed by atoms with Crippen LogP contribution in [0.1, 0.15) is 41.6 Å². The summed E-state index contributed by atoms with van der Waals surface area (Å²) in [5, 5.41) is 3.06. The minimum absolute atomic E-state index is 0.0993.